The number of nitrogens with two attached hydrogens (primary N) is 1. The molecule has 1 fully saturated rings. The average Bonchev–Trinajstić information content (AvgIpc) is 3.30. The number of aliphatic hydroxyl groups excluding tert-OH is 4. The van der Waals surface area contributed by atoms with Gasteiger partial charge in [0.2, 0.25) is 0 Å². The molecule has 0 aromatic carbocycles. The topological polar surface area (TPSA) is 323 Å². The summed E-state index contributed by atoms with van der Waals surface area (Å²) in [5.74, 6) is -5.16. The van der Waals surface area contributed by atoms with Crippen molar-refractivity contribution in [2.75, 3.05) is 25.6 Å². The summed E-state index contributed by atoms with van der Waals surface area (Å²) in [7, 11) is -11.3. The van der Waals surface area contributed by atoms with Gasteiger partial charge in [-0.1, -0.05) is 108 Å². The van der Waals surface area contributed by atoms with E-state index in [1.54, 1.807) is 12.2 Å². The monoisotopic (exact) mass is 1050 g/mol. The quantitative estimate of drug-likeness (QED) is 0.0295. The number of allylic oxidation sites excluding steroid dienone is 4. The Morgan fingerprint density at radius 3 is 2.23 bits per heavy atom. The normalized spacial score (nSPS) is 30.1. The number of ether oxygens (including phenoxy) is 3. The van der Waals surface area contributed by atoms with E-state index in [-0.39, 0.29) is 37.9 Å². The number of phosphoric acid groups is 2. The number of phosphoric ester groups is 2. The van der Waals surface area contributed by atoms with Crippen LogP contribution in [-0.4, -0.2) is 114 Å². The van der Waals surface area contributed by atoms with Crippen LogP contribution >= 0.6 is 15.6 Å². The number of carbonyl (C=O) groups excluding carboxylic acids is 3. The zero-order valence-corrected chi connectivity index (χ0v) is 43.0. The molecule has 2 unspecified atom stereocenters. The lowest BCUT2D eigenvalue weighted by atomic mass is 9.83. The molecule has 8 N–H and O–H groups in total. The highest BCUT2D eigenvalue weighted by Gasteiger charge is 2.45. The maximum absolute atomic E-state index is 14.2. The van der Waals surface area contributed by atoms with Gasteiger partial charge in [0.25, 0.3) is 0 Å². The summed E-state index contributed by atoms with van der Waals surface area (Å²) >= 11 is 0. The maximum atomic E-state index is 14.2. The molecule has 23 heteroatoms. The van der Waals surface area contributed by atoms with Crippen molar-refractivity contribution in [3.63, 3.8) is 0 Å². The molecule has 0 radical (unpaired) electrons. The van der Waals surface area contributed by atoms with E-state index in [0.717, 1.165) is 62.1 Å². The van der Waals surface area contributed by atoms with Gasteiger partial charge in [-0.2, -0.15) is 9.29 Å². The summed E-state index contributed by atoms with van der Waals surface area (Å²) in [5, 5.41) is 45.5. The number of carbonyl (C=O) groups is 3. The van der Waals surface area contributed by atoms with E-state index in [1.165, 1.54) is 43.9 Å². The fraction of sp³-hybridized carbons (Fsp3) is 0.729. The molecule has 2 aliphatic heterocycles. The number of rotatable bonds is 21. The van der Waals surface area contributed by atoms with Gasteiger partial charge in [-0.25, -0.2) is 13.9 Å². The molecule has 0 aliphatic carbocycles. The van der Waals surface area contributed by atoms with Crippen LogP contribution < -0.4 is 11.4 Å². The molecule has 2 bridgehead atoms. The van der Waals surface area contributed by atoms with Gasteiger partial charge < -0.3 is 50.2 Å². The lowest BCUT2D eigenvalue weighted by Gasteiger charge is -2.38. The molecule has 0 spiro atoms. The number of anilines is 1. The Labute approximate surface area is 417 Å². The number of ketones is 1. The first-order chi connectivity index (χ1) is 33.9. The number of nitrogen functional groups attached to an aromatic ring is 1. The number of aromatic nitrogens is 2. The van der Waals surface area contributed by atoms with Crippen molar-refractivity contribution in [2.24, 2.45) is 11.8 Å². The van der Waals surface area contributed by atoms with E-state index in [9.17, 15) is 58.5 Å². The highest BCUT2D eigenvalue weighted by atomic mass is 31.3. The largest absolute Gasteiger partial charge is 0.481 e. The van der Waals surface area contributed by atoms with Gasteiger partial charge in [0.1, 0.15) is 36.6 Å². The Balaban J connectivity index is 1.86. The molecule has 0 saturated carbocycles. The second kappa shape index (κ2) is 33.4. The van der Waals surface area contributed by atoms with Crippen molar-refractivity contribution in [1.82, 2.24) is 9.55 Å². The van der Waals surface area contributed by atoms with Gasteiger partial charge in [-0.05, 0) is 63.9 Å². The van der Waals surface area contributed by atoms with Crippen molar-refractivity contribution >= 4 is 39.2 Å². The van der Waals surface area contributed by atoms with Crippen LogP contribution in [0.4, 0.5) is 5.82 Å². The van der Waals surface area contributed by atoms with Gasteiger partial charge in [-0.3, -0.25) is 28.0 Å². The van der Waals surface area contributed by atoms with E-state index >= 15 is 0 Å². The second-order valence-electron chi connectivity index (χ2n) is 18.1. The molecule has 2 aliphatic rings. The summed E-state index contributed by atoms with van der Waals surface area (Å²) in [6, 6.07) is 1.21. The van der Waals surface area contributed by atoms with Crippen LogP contribution in [-0.2, 0) is 51.1 Å². The molecular weight excluding hydrogens is 968 g/mol. The van der Waals surface area contributed by atoms with Crippen molar-refractivity contribution < 1.29 is 81.3 Å². The zero-order valence-electron chi connectivity index (χ0n) is 41.2. The number of cyclic esters (lactones) is 1. The maximum Gasteiger partial charge on any atom is 0.481 e. The van der Waals surface area contributed by atoms with Gasteiger partial charge in [0.05, 0.1) is 37.4 Å². The Hall–Kier alpha value is -3.43. The lowest BCUT2D eigenvalue weighted by Crippen LogP contribution is -2.51. The average molecular weight is 1050 g/mol. The first kappa shape index (κ1) is 61.9. The standard InChI is InChI=1S/C48H79N3O18P2/c1-3-5-7-8-9-10-11-12-13-14-15-16-22-26-44(56)67-36-32-64-43(55)25-21-18-17-20-24-38-40(54)31-39(53)37(28-27-35(52)23-19-6-4-2)45(57)46(58)41(34-66-71(62,63)69-70(60,61)65-33-36)68-47(38)51-30-29-42(49)50-48(51)59/h10-11,17,20,27-30,35-39,41,45-47,52-53,57-58H,3-9,12-16,18-19,21-26,31-34H2,1-2H3,(H,60,61)(H,62,63)(H2,49,50,59)/b11-10-,20-17-,28-27+/t35-,36+,37-,38-,39+,41+,45-,46+,47+/m0/s1. The molecule has 21 nitrogen and oxygen atoms in total. The fourth-order valence-corrected chi connectivity index (χ4v) is 10.1. The zero-order chi connectivity index (χ0) is 52.2. The number of aliphatic hydroxyl groups is 4. The number of hydrogen-bond donors (Lipinski definition) is 7. The molecular formula is C48H79N3O18P2. The van der Waals surface area contributed by atoms with Gasteiger partial charge in [0, 0.05) is 31.4 Å². The highest BCUT2D eigenvalue weighted by molar-refractivity contribution is 7.61. The first-order valence-corrected chi connectivity index (χ1v) is 28.1. The Bertz CT molecular complexity index is 2000. The second-order valence-corrected chi connectivity index (χ2v) is 21.1. The summed E-state index contributed by atoms with van der Waals surface area (Å²) in [6.45, 7) is 1.39. The minimum absolute atomic E-state index is 0.0149. The molecule has 71 heavy (non-hydrogen) atoms. The smallest absolute Gasteiger partial charge is 0.462 e. The predicted octanol–water partition coefficient (Wildman–Crippen LogP) is 6.59. The van der Waals surface area contributed by atoms with Crippen molar-refractivity contribution in [3.8, 4) is 0 Å². The third-order valence-electron chi connectivity index (χ3n) is 12.0. The van der Waals surface area contributed by atoms with Crippen LogP contribution in [0.15, 0.2) is 53.5 Å². The lowest BCUT2D eigenvalue weighted by molar-refractivity contribution is -0.183. The highest BCUT2D eigenvalue weighted by Crippen LogP contribution is 2.60. The van der Waals surface area contributed by atoms with E-state index in [0.29, 0.717) is 19.3 Å². The molecule has 1 saturated heterocycles. The number of fused-ring (bicyclic) bond motifs is 3. The Kier molecular flexibility index (Phi) is 29.1. The van der Waals surface area contributed by atoms with E-state index in [1.807, 2.05) is 6.92 Å². The third kappa shape index (κ3) is 24.4. The molecule has 11 atom stereocenters. The van der Waals surface area contributed by atoms with Crippen LogP contribution in [0.2, 0.25) is 0 Å². The van der Waals surface area contributed by atoms with Crippen LogP contribution in [0.3, 0.4) is 0 Å². The van der Waals surface area contributed by atoms with Crippen LogP contribution in [0, 0.1) is 11.8 Å². The van der Waals surface area contributed by atoms with E-state index < -0.39 is 120 Å². The summed E-state index contributed by atoms with van der Waals surface area (Å²) in [4.78, 5) is 78.3. The summed E-state index contributed by atoms with van der Waals surface area (Å²) in [6.07, 6.45) is 12.6. The van der Waals surface area contributed by atoms with Crippen molar-refractivity contribution in [2.45, 2.75) is 192 Å². The number of Topliss-reactive ketones (excluding diaryl/α,β-unsaturated/α-hetero) is 1. The SMILES string of the molecule is CCCCCC/C=C\CCCCCCCC(=O)O[C@@H]1COC(=O)CCC/C=C\C[C@H]2C(=O)C[C@@H](O)[C@H](/C=C/[C@@H](O)CCCCC)[C@H](O)[C@H](O)[C@@H](COP(=O)(O)OP(=O)(O)OC1)O[C@H]2n1ccc(N)nc1=O. The predicted molar refractivity (Wildman–Crippen MR) is 262 cm³/mol. The van der Waals surface area contributed by atoms with E-state index in [4.69, 9.17) is 29.0 Å². The fourth-order valence-electron chi connectivity index (χ4n) is 8.00. The number of nitrogens with zero attached hydrogens (tertiary/aromatic N) is 2. The van der Waals surface area contributed by atoms with Crippen LogP contribution in [0.5, 0.6) is 0 Å². The molecule has 3 heterocycles. The van der Waals surface area contributed by atoms with Crippen LogP contribution in [0.25, 0.3) is 0 Å². The number of esters is 2. The molecule has 0 amide bonds. The summed E-state index contributed by atoms with van der Waals surface area (Å²) in [5.41, 5.74) is 4.72. The minimum Gasteiger partial charge on any atom is -0.462 e. The van der Waals surface area contributed by atoms with Crippen molar-refractivity contribution in [3.05, 3.63) is 59.2 Å². The van der Waals surface area contributed by atoms with Gasteiger partial charge in [-0.15, -0.1) is 0 Å². The Morgan fingerprint density at radius 2 is 1.54 bits per heavy atom. The molecule has 3 rings (SSSR count). The van der Waals surface area contributed by atoms with Gasteiger partial charge >= 0.3 is 33.3 Å². The molecule has 1 aromatic heterocycles. The first-order valence-electron chi connectivity index (χ1n) is 25.1. The van der Waals surface area contributed by atoms with E-state index in [2.05, 4.69) is 28.4 Å². The molecule has 404 valence electrons. The third-order valence-corrected chi connectivity index (χ3v) is 14.6. The van der Waals surface area contributed by atoms with Crippen molar-refractivity contribution in [1.29, 1.82) is 0 Å². The summed E-state index contributed by atoms with van der Waals surface area (Å²) < 4.78 is 58.8. The van der Waals surface area contributed by atoms with Gasteiger partial charge in [0.15, 0.2) is 6.10 Å². The number of hydrogen-bond acceptors (Lipinski definition) is 18. The van der Waals surface area contributed by atoms with Crippen LogP contribution in [0.1, 0.15) is 155 Å². The molecule has 1 aromatic rings. The Morgan fingerprint density at radius 1 is 0.887 bits per heavy atom. The number of unbranched alkanes of at least 4 members (excludes halogenated alkanes) is 11. The minimum atomic E-state index is -5.72.